The first-order valence-electron chi connectivity index (χ1n) is 9.63. The number of carboxylic acids is 1. The van der Waals surface area contributed by atoms with Gasteiger partial charge in [-0.15, -0.1) is 0 Å². The van der Waals surface area contributed by atoms with Crippen LogP contribution < -0.4 is 38.5 Å². The molecule has 1 saturated heterocycles. The van der Waals surface area contributed by atoms with Crippen LogP contribution in [0.4, 0.5) is 0 Å². The molecule has 0 aromatic rings. The number of hydrogen-bond acceptors (Lipinski definition) is 8. The summed E-state index contributed by atoms with van der Waals surface area (Å²) < 4.78 is 0. The van der Waals surface area contributed by atoms with Crippen molar-refractivity contribution >= 4 is 41.4 Å². The second-order valence-electron chi connectivity index (χ2n) is 7.18. The molecule has 4 atom stereocenters. The number of aliphatic carboxylic acids is 1. The van der Waals surface area contributed by atoms with Crippen molar-refractivity contribution in [2.75, 3.05) is 6.54 Å². The van der Waals surface area contributed by atoms with Crippen molar-refractivity contribution in [1.82, 2.24) is 21.3 Å². The van der Waals surface area contributed by atoms with Gasteiger partial charge in [0.1, 0.15) is 18.1 Å². The average Bonchev–Trinajstić information content (AvgIpc) is 3.20. The largest absolute Gasteiger partial charge is 0.480 e. The summed E-state index contributed by atoms with van der Waals surface area (Å²) in [6.45, 7) is 0.599. The second-order valence-corrected chi connectivity index (χ2v) is 7.18. The highest BCUT2D eigenvalue weighted by Crippen LogP contribution is 2.06. The van der Waals surface area contributed by atoms with E-state index in [1.165, 1.54) is 0 Å². The normalized spacial score (nSPS) is 17.9. The van der Waals surface area contributed by atoms with Crippen LogP contribution in [0, 0.1) is 0 Å². The topological polar surface area (TPSA) is 266 Å². The number of rotatable bonds is 13. The van der Waals surface area contributed by atoms with E-state index in [2.05, 4.69) is 16.0 Å². The van der Waals surface area contributed by atoms with E-state index in [0.717, 1.165) is 6.42 Å². The van der Waals surface area contributed by atoms with Gasteiger partial charge in [0.05, 0.1) is 25.3 Å². The van der Waals surface area contributed by atoms with E-state index < -0.39 is 84.8 Å². The fourth-order valence-electron chi connectivity index (χ4n) is 2.95. The molecule has 178 valence electrons. The molecule has 0 bridgehead atoms. The van der Waals surface area contributed by atoms with Gasteiger partial charge in [-0.2, -0.15) is 0 Å². The van der Waals surface area contributed by atoms with Crippen molar-refractivity contribution in [2.45, 2.75) is 56.3 Å². The Bertz CT molecular complexity index is 781. The lowest BCUT2D eigenvalue weighted by Gasteiger charge is -2.24. The van der Waals surface area contributed by atoms with Crippen LogP contribution in [0.25, 0.3) is 0 Å². The van der Waals surface area contributed by atoms with Crippen LogP contribution in [0.1, 0.15) is 32.1 Å². The molecule has 4 unspecified atom stereocenters. The summed E-state index contributed by atoms with van der Waals surface area (Å²) in [4.78, 5) is 82.3. The Morgan fingerprint density at radius 3 is 1.62 bits per heavy atom. The molecule has 6 amide bonds. The molecule has 1 fully saturated rings. The summed E-state index contributed by atoms with van der Waals surface area (Å²) in [6.07, 6.45) is -0.828. The fourth-order valence-corrected chi connectivity index (χ4v) is 2.95. The van der Waals surface area contributed by atoms with Crippen molar-refractivity contribution in [3.63, 3.8) is 0 Å². The van der Waals surface area contributed by atoms with Crippen molar-refractivity contribution in [1.29, 1.82) is 0 Å². The molecular weight excluding hydrogens is 430 g/mol. The molecule has 0 aromatic heterocycles. The van der Waals surface area contributed by atoms with Crippen LogP contribution in [0.5, 0.6) is 0 Å². The Balaban J connectivity index is 2.95. The van der Waals surface area contributed by atoms with Gasteiger partial charge in [0.15, 0.2) is 0 Å². The quantitative estimate of drug-likeness (QED) is 0.131. The molecule has 11 N–H and O–H groups in total. The minimum atomic E-state index is -1.72. The summed E-state index contributed by atoms with van der Waals surface area (Å²) >= 11 is 0. The van der Waals surface area contributed by atoms with Crippen molar-refractivity contribution in [3.8, 4) is 0 Å². The van der Waals surface area contributed by atoms with E-state index in [-0.39, 0.29) is 0 Å². The Hall–Kier alpha value is -3.75. The zero-order valence-corrected chi connectivity index (χ0v) is 17.1. The SMILES string of the molecule is NC(=O)CC(NC(=O)C(CC(N)=O)NC(=O)C(CC(N)=O)NC(=O)C1CCCN1)C(=O)O. The van der Waals surface area contributed by atoms with Gasteiger partial charge < -0.3 is 43.6 Å². The van der Waals surface area contributed by atoms with Crippen LogP contribution in [0.3, 0.4) is 0 Å². The van der Waals surface area contributed by atoms with Crippen molar-refractivity contribution in [3.05, 3.63) is 0 Å². The molecule has 0 spiro atoms. The lowest BCUT2D eigenvalue weighted by atomic mass is 10.1. The van der Waals surface area contributed by atoms with Crippen molar-refractivity contribution < 1.29 is 38.7 Å². The number of carbonyl (C=O) groups excluding carboxylic acids is 6. The number of primary amides is 3. The van der Waals surface area contributed by atoms with Gasteiger partial charge in [-0.25, -0.2) is 4.79 Å². The van der Waals surface area contributed by atoms with E-state index in [4.69, 9.17) is 22.3 Å². The number of nitrogens with one attached hydrogen (secondary N) is 4. The number of nitrogens with two attached hydrogens (primary N) is 3. The molecule has 0 saturated carbocycles. The number of amides is 6. The highest BCUT2D eigenvalue weighted by Gasteiger charge is 2.33. The Morgan fingerprint density at radius 2 is 1.22 bits per heavy atom. The zero-order valence-electron chi connectivity index (χ0n) is 17.1. The Morgan fingerprint density at radius 1 is 0.781 bits per heavy atom. The highest BCUT2D eigenvalue weighted by atomic mass is 16.4. The molecule has 15 nitrogen and oxygen atoms in total. The molecule has 32 heavy (non-hydrogen) atoms. The molecule has 0 aromatic carbocycles. The number of carbonyl (C=O) groups is 7. The number of carboxylic acid groups (broad SMARTS) is 1. The maximum atomic E-state index is 12.6. The third-order valence-electron chi connectivity index (χ3n) is 4.47. The maximum Gasteiger partial charge on any atom is 0.326 e. The minimum Gasteiger partial charge on any atom is -0.480 e. The highest BCUT2D eigenvalue weighted by molar-refractivity contribution is 5.98. The molecule has 1 aliphatic heterocycles. The summed E-state index contributed by atoms with van der Waals surface area (Å²) in [5.41, 5.74) is 15.2. The molecule has 0 aliphatic carbocycles. The predicted molar refractivity (Wildman–Crippen MR) is 106 cm³/mol. The second kappa shape index (κ2) is 12.2. The summed E-state index contributed by atoms with van der Waals surface area (Å²) in [6, 6.07) is -5.42. The van der Waals surface area contributed by atoms with Gasteiger partial charge in [-0.05, 0) is 19.4 Å². The molecule has 1 aliphatic rings. The van der Waals surface area contributed by atoms with E-state index in [1.54, 1.807) is 0 Å². The van der Waals surface area contributed by atoms with Gasteiger partial charge >= 0.3 is 5.97 Å². The summed E-state index contributed by atoms with van der Waals surface area (Å²) in [5, 5.41) is 18.5. The van der Waals surface area contributed by atoms with E-state index in [1.807, 2.05) is 5.32 Å². The van der Waals surface area contributed by atoms with E-state index in [9.17, 15) is 33.6 Å². The van der Waals surface area contributed by atoms with Crippen LogP contribution in [0.15, 0.2) is 0 Å². The monoisotopic (exact) mass is 457 g/mol. The molecule has 1 rings (SSSR count). The molecular formula is C17H27N7O8. The van der Waals surface area contributed by atoms with Crippen LogP contribution in [-0.4, -0.2) is 77.2 Å². The van der Waals surface area contributed by atoms with Gasteiger partial charge in [0, 0.05) is 0 Å². The molecule has 15 heteroatoms. The third-order valence-corrected chi connectivity index (χ3v) is 4.47. The lowest BCUT2D eigenvalue weighted by molar-refractivity contribution is -0.144. The molecule has 1 heterocycles. The molecule has 0 radical (unpaired) electrons. The summed E-state index contributed by atoms with van der Waals surface area (Å²) in [5.74, 6) is -7.27. The van der Waals surface area contributed by atoms with Gasteiger partial charge in [-0.1, -0.05) is 0 Å². The fraction of sp³-hybridized carbons (Fsp3) is 0.588. The predicted octanol–water partition coefficient (Wildman–Crippen LogP) is -5.10. The minimum absolute atomic E-state index is 0.514. The van der Waals surface area contributed by atoms with Crippen molar-refractivity contribution in [2.24, 2.45) is 17.2 Å². The third kappa shape index (κ3) is 8.95. The zero-order chi connectivity index (χ0) is 24.4. The van der Waals surface area contributed by atoms with E-state index >= 15 is 0 Å². The first-order valence-corrected chi connectivity index (χ1v) is 9.63. The van der Waals surface area contributed by atoms with Crippen LogP contribution >= 0.6 is 0 Å². The van der Waals surface area contributed by atoms with E-state index in [0.29, 0.717) is 13.0 Å². The van der Waals surface area contributed by atoms with Crippen LogP contribution in [0.2, 0.25) is 0 Å². The maximum absolute atomic E-state index is 12.6. The Kier molecular flexibility index (Phi) is 10.0. The number of hydrogen-bond donors (Lipinski definition) is 8. The standard InChI is InChI=1S/C17H27N7O8/c18-11(25)4-8(22-14(28)7-2-1-3-21-7)15(29)23-9(5-12(19)26)16(30)24-10(17(31)32)6-13(20)27/h7-10,21H,1-6H2,(H2,18,25)(H2,19,26)(H2,20,27)(H,22,28)(H,23,29)(H,24,30)(H,31,32). The Labute approximate surface area is 182 Å². The lowest BCUT2D eigenvalue weighted by Crippen LogP contribution is -2.58. The van der Waals surface area contributed by atoms with Gasteiger partial charge in [-0.3, -0.25) is 28.8 Å². The van der Waals surface area contributed by atoms with Gasteiger partial charge in [0.25, 0.3) is 0 Å². The summed E-state index contributed by atoms with van der Waals surface area (Å²) in [7, 11) is 0. The van der Waals surface area contributed by atoms with Crippen LogP contribution in [-0.2, 0) is 33.6 Å². The first kappa shape index (κ1) is 26.3. The smallest absolute Gasteiger partial charge is 0.326 e. The van der Waals surface area contributed by atoms with Gasteiger partial charge in [0.2, 0.25) is 35.4 Å². The average molecular weight is 457 g/mol. The first-order chi connectivity index (χ1) is 14.9.